The molecule has 1 amide bonds. The Kier molecular flexibility index (Phi) is 5.91. The van der Waals surface area contributed by atoms with E-state index in [0.29, 0.717) is 21.3 Å². The minimum atomic E-state index is -3.62. The minimum Gasteiger partial charge on any atom is -0.324 e. The maximum Gasteiger partial charge on any atom is 0.239 e. The molecule has 7 heteroatoms. The van der Waals surface area contributed by atoms with Gasteiger partial charge in [-0.1, -0.05) is 41.4 Å². The molecule has 0 radical (unpaired) electrons. The van der Waals surface area contributed by atoms with Crippen LogP contribution in [0.2, 0.25) is 10.0 Å². The van der Waals surface area contributed by atoms with Crippen molar-refractivity contribution in [1.29, 1.82) is 0 Å². The summed E-state index contributed by atoms with van der Waals surface area (Å²) >= 11 is 12.0. The monoisotopic (exact) mass is 385 g/mol. The van der Waals surface area contributed by atoms with E-state index in [1.807, 2.05) is 13.0 Å². The van der Waals surface area contributed by atoms with Gasteiger partial charge < -0.3 is 5.32 Å². The van der Waals surface area contributed by atoms with Crippen molar-refractivity contribution in [3.63, 3.8) is 0 Å². The third kappa shape index (κ3) is 5.23. The molecule has 0 heterocycles. The van der Waals surface area contributed by atoms with Crippen molar-refractivity contribution in [2.45, 2.75) is 19.6 Å². The number of halogens is 2. The highest BCUT2D eigenvalue weighted by Crippen LogP contribution is 2.27. The highest BCUT2D eigenvalue weighted by atomic mass is 35.5. The summed E-state index contributed by atoms with van der Waals surface area (Å²) in [5.41, 5.74) is 2.72. The summed E-state index contributed by atoms with van der Waals surface area (Å²) in [6.45, 7) is 3.69. The first-order valence-corrected chi connectivity index (χ1v) is 9.75. The number of anilines is 1. The van der Waals surface area contributed by atoms with Crippen molar-refractivity contribution in [3.8, 4) is 0 Å². The van der Waals surface area contributed by atoms with Gasteiger partial charge in [0, 0.05) is 5.02 Å². The Morgan fingerprint density at radius 2 is 1.83 bits per heavy atom. The first-order chi connectivity index (χ1) is 11.2. The number of rotatable bonds is 5. The van der Waals surface area contributed by atoms with Crippen LogP contribution in [0.25, 0.3) is 0 Å². The van der Waals surface area contributed by atoms with Gasteiger partial charge in [-0.3, -0.25) is 4.79 Å². The molecule has 0 spiro atoms. The Morgan fingerprint density at radius 1 is 1.12 bits per heavy atom. The summed E-state index contributed by atoms with van der Waals surface area (Å²) in [6.07, 6.45) is 0. The van der Waals surface area contributed by atoms with Crippen LogP contribution in [0, 0.1) is 13.8 Å². The van der Waals surface area contributed by atoms with Crippen LogP contribution in [-0.4, -0.2) is 20.1 Å². The number of carbonyl (C=O) groups is 1. The second-order valence-corrected chi connectivity index (χ2v) is 8.56. The zero-order valence-corrected chi connectivity index (χ0v) is 15.6. The van der Waals surface area contributed by atoms with Crippen LogP contribution in [0.3, 0.4) is 0 Å². The highest BCUT2D eigenvalue weighted by molar-refractivity contribution is 7.91. The summed E-state index contributed by atoms with van der Waals surface area (Å²) in [7, 11) is -3.62. The zero-order chi connectivity index (χ0) is 17.9. The molecule has 0 bridgehead atoms. The summed E-state index contributed by atoms with van der Waals surface area (Å²) in [5, 5.41) is 3.42. The van der Waals surface area contributed by atoms with Gasteiger partial charge in [0.2, 0.25) is 5.91 Å². The third-order valence-corrected chi connectivity index (χ3v) is 5.33. The first kappa shape index (κ1) is 18.8. The summed E-state index contributed by atoms with van der Waals surface area (Å²) in [6, 6.07) is 10.1. The molecule has 4 nitrogen and oxygen atoms in total. The molecule has 0 aliphatic rings. The lowest BCUT2D eigenvalue weighted by atomic mass is 10.1. The Morgan fingerprint density at radius 3 is 2.46 bits per heavy atom. The van der Waals surface area contributed by atoms with Crippen molar-refractivity contribution in [2.75, 3.05) is 11.1 Å². The fraction of sp³-hybridized carbons (Fsp3) is 0.235. The van der Waals surface area contributed by atoms with Gasteiger partial charge >= 0.3 is 0 Å². The Balaban J connectivity index is 2.09. The molecular formula is C17H17Cl2NO3S. The van der Waals surface area contributed by atoms with E-state index in [0.717, 1.165) is 11.1 Å². The SMILES string of the molecule is Cc1cc(C)c(NC(=O)CS(=O)(=O)Cc2cccc(Cl)c2)c(Cl)c1. The van der Waals surface area contributed by atoms with Crippen LogP contribution < -0.4 is 5.32 Å². The molecule has 2 rings (SSSR count). The van der Waals surface area contributed by atoms with Crippen molar-refractivity contribution < 1.29 is 13.2 Å². The molecule has 0 saturated heterocycles. The van der Waals surface area contributed by atoms with E-state index in [1.54, 1.807) is 37.3 Å². The summed E-state index contributed by atoms with van der Waals surface area (Å²) < 4.78 is 24.4. The fourth-order valence-electron chi connectivity index (χ4n) is 2.38. The number of benzene rings is 2. The average molecular weight is 386 g/mol. The van der Waals surface area contributed by atoms with Gasteiger partial charge in [0.15, 0.2) is 9.84 Å². The third-order valence-electron chi connectivity index (χ3n) is 3.32. The molecule has 0 atom stereocenters. The van der Waals surface area contributed by atoms with Gasteiger partial charge in [-0.05, 0) is 48.7 Å². The molecule has 0 aliphatic heterocycles. The van der Waals surface area contributed by atoms with Crippen LogP contribution in [0.4, 0.5) is 5.69 Å². The molecule has 0 aromatic heterocycles. The Bertz CT molecular complexity index is 856. The number of hydrogen-bond acceptors (Lipinski definition) is 3. The van der Waals surface area contributed by atoms with E-state index in [1.165, 1.54) is 0 Å². The topological polar surface area (TPSA) is 63.2 Å². The summed E-state index contributed by atoms with van der Waals surface area (Å²) in [5.74, 6) is -1.49. The van der Waals surface area contributed by atoms with Gasteiger partial charge in [-0.2, -0.15) is 0 Å². The van der Waals surface area contributed by atoms with Gasteiger partial charge in [-0.15, -0.1) is 0 Å². The summed E-state index contributed by atoms with van der Waals surface area (Å²) in [4.78, 5) is 12.1. The predicted octanol–water partition coefficient (Wildman–Crippen LogP) is 4.16. The lowest BCUT2D eigenvalue weighted by Gasteiger charge is -2.12. The quantitative estimate of drug-likeness (QED) is 0.839. The Hall–Kier alpha value is -1.56. The van der Waals surface area contributed by atoms with Crippen molar-refractivity contribution in [1.82, 2.24) is 0 Å². The van der Waals surface area contributed by atoms with Gasteiger partial charge in [0.1, 0.15) is 5.75 Å². The molecule has 0 unspecified atom stereocenters. The van der Waals surface area contributed by atoms with Gasteiger partial charge in [0.25, 0.3) is 0 Å². The lowest BCUT2D eigenvalue weighted by Crippen LogP contribution is -2.24. The van der Waals surface area contributed by atoms with Crippen molar-refractivity contribution in [3.05, 3.63) is 63.1 Å². The van der Waals surface area contributed by atoms with Crippen LogP contribution in [0.15, 0.2) is 36.4 Å². The molecule has 24 heavy (non-hydrogen) atoms. The number of sulfone groups is 1. The average Bonchev–Trinajstić information content (AvgIpc) is 2.41. The normalized spacial score (nSPS) is 11.3. The lowest BCUT2D eigenvalue weighted by molar-refractivity contribution is -0.113. The molecule has 0 fully saturated rings. The standard InChI is InChI=1S/C17H17Cl2NO3S/c1-11-6-12(2)17(15(19)7-11)20-16(21)10-24(22,23)9-13-4-3-5-14(18)8-13/h3-8H,9-10H2,1-2H3,(H,20,21). The van der Waals surface area contributed by atoms with E-state index in [2.05, 4.69) is 5.32 Å². The van der Waals surface area contributed by atoms with Crippen LogP contribution in [-0.2, 0) is 20.4 Å². The zero-order valence-electron chi connectivity index (χ0n) is 13.3. The number of carbonyl (C=O) groups excluding carboxylic acids is 1. The maximum atomic E-state index is 12.2. The van der Waals surface area contributed by atoms with E-state index >= 15 is 0 Å². The second-order valence-electron chi connectivity index (χ2n) is 5.65. The molecule has 2 aromatic carbocycles. The van der Waals surface area contributed by atoms with E-state index in [9.17, 15) is 13.2 Å². The predicted molar refractivity (Wildman–Crippen MR) is 98.5 cm³/mol. The highest BCUT2D eigenvalue weighted by Gasteiger charge is 2.19. The smallest absolute Gasteiger partial charge is 0.239 e. The molecule has 1 N–H and O–H groups in total. The number of amides is 1. The van der Waals surface area contributed by atoms with Crippen LogP contribution in [0.1, 0.15) is 16.7 Å². The number of hydrogen-bond donors (Lipinski definition) is 1. The second kappa shape index (κ2) is 7.55. The van der Waals surface area contributed by atoms with E-state index in [4.69, 9.17) is 23.2 Å². The van der Waals surface area contributed by atoms with Crippen LogP contribution >= 0.6 is 23.2 Å². The molecular weight excluding hydrogens is 369 g/mol. The number of nitrogens with one attached hydrogen (secondary N) is 1. The maximum absolute atomic E-state index is 12.2. The Labute approximate surface area is 151 Å². The fourth-order valence-corrected chi connectivity index (χ4v) is 4.22. The van der Waals surface area contributed by atoms with E-state index in [-0.39, 0.29) is 5.75 Å². The van der Waals surface area contributed by atoms with Gasteiger partial charge in [0.05, 0.1) is 16.5 Å². The van der Waals surface area contributed by atoms with Crippen molar-refractivity contribution in [2.24, 2.45) is 0 Å². The molecule has 0 saturated carbocycles. The molecule has 128 valence electrons. The first-order valence-electron chi connectivity index (χ1n) is 7.18. The van der Waals surface area contributed by atoms with Gasteiger partial charge in [-0.25, -0.2) is 8.42 Å². The number of aryl methyl sites for hydroxylation is 2. The molecule has 2 aromatic rings. The molecule has 0 aliphatic carbocycles. The van der Waals surface area contributed by atoms with Crippen molar-refractivity contribution >= 4 is 44.6 Å². The minimum absolute atomic E-state index is 0.248. The van der Waals surface area contributed by atoms with E-state index < -0.39 is 21.5 Å². The van der Waals surface area contributed by atoms with Crippen LogP contribution in [0.5, 0.6) is 0 Å². The largest absolute Gasteiger partial charge is 0.324 e.